The highest BCUT2D eigenvalue weighted by Crippen LogP contribution is 2.20. The van der Waals surface area contributed by atoms with E-state index in [1.807, 2.05) is 0 Å². The normalized spacial score (nSPS) is 16.0. The summed E-state index contributed by atoms with van der Waals surface area (Å²) >= 11 is 0. The maximum Gasteiger partial charge on any atom is 0.251 e. The van der Waals surface area contributed by atoms with Gasteiger partial charge >= 0.3 is 0 Å². The van der Waals surface area contributed by atoms with E-state index in [-0.39, 0.29) is 11.7 Å². The average Bonchev–Trinajstić information content (AvgIpc) is 2.54. The molecule has 0 aromatic heterocycles. The van der Waals surface area contributed by atoms with E-state index < -0.39 is 9.84 Å². The Labute approximate surface area is 144 Å². The van der Waals surface area contributed by atoms with E-state index in [4.69, 9.17) is 4.74 Å². The number of rotatable bonds is 8. The van der Waals surface area contributed by atoms with Crippen LogP contribution in [0.4, 0.5) is 0 Å². The van der Waals surface area contributed by atoms with Crippen molar-refractivity contribution in [2.75, 3.05) is 19.4 Å². The molecule has 0 atom stereocenters. The van der Waals surface area contributed by atoms with Crippen molar-refractivity contribution in [2.24, 2.45) is 0 Å². The molecule has 1 aliphatic rings. The number of sulfone groups is 1. The van der Waals surface area contributed by atoms with Crippen LogP contribution in [0.1, 0.15) is 54.4 Å². The number of carbonyl (C=O) groups excluding carboxylic acids is 1. The zero-order valence-electron chi connectivity index (χ0n) is 14.3. The largest absolute Gasteiger partial charge is 0.378 e. The summed E-state index contributed by atoms with van der Waals surface area (Å²) in [4.78, 5) is 12.1. The monoisotopic (exact) mass is 353 g/mol. The molecule has 2 rings (SSSR count). The molecule has 24 heavy (non-hydrogen) atoms. The Morgan fingerprint density at radius 3 is 2.71 bits per heavy atom. The van der Waals surface area contributed by atoms with Gasteiger partial charge in [-0.3, -0.25) is 4.79 Å². The molecule has 1 N–H and O–H groups in total. The van der Waals surface area contributed by atoms with Crippen LogP contribution < -0.4 is 5.32 Å². The average molecular weight is 353 g/mol. The summed E-state index contributed by atoms with van der Waals surface area (Å²) in [6, 6.07) is 6.76. The van der Waals surface area contributed by atoms with Gasteiger partial charge in [-0.05, 0) is 37.0 Å². The Hall–Kier alpha value is -1.40. The molecule has 1 aliphatic carbocycles. The van der Waals surface area contributed by atoms with Crippen molar-refractivity contribution < 1.29 is 17.9 Å². The lowest BCUT2D eigenvalue weighted by atomic mass is 9.98. The molecule has 0 aliphatic heterocycles. The molecular formula is C18H27NO4S. The molecule has 134 valence electrons. The first-order valence-electron chi connectivity index (χ1n) is 8.60. The minimum absolute atomic E-state index is 0.0522. The second-order valence-electron chi connectivity index (χ2n) is 6.51. The zero-order chi connectivity index (χ0) is 17.4. The standard InChI is InChI=1S/C18H27NO4S/c1-24(21,22)14-15-7-5-8-16(13-15)18(20)19-11-6-12-23-17-9-3-2-4-10-17/h5,7-8,13,17H,2-4,6,9-12,14H2,1H3,(H,19,20). The number of amides is 1. The van der Waals surface area contributed by atoms with Crippen LogP contribution in [0, 0.1) is 0 Å². The molecule has 0 spiro atoms. The molecule has 1 saturated carbocycles. The Morgan fingerprint density at radius 1 is 1.25 bits per heavy atom. The Balaban J connectivity index is 1.71. The molecule has 1 amide bonds. The van der Waals surface area contributed by atoms with E-state index in [1.54, 1.807) is 24.3 Å². The van der Waals surface area contributed by atoms with Gasteiger partial charge in [-0.2, -0.15) is 0 Å². The van der Waals surface area contributed by atoms with Gasteiger partial charge in [-0.25, -0.2) is 8.42 Å². The van der Waals surface area contributed by atoms with E-state index in [0.29, 0.717) is 30.4 Å². The molecule has 1 aromatic carbocycles. The van der Waals surface area contributed by atoms with Gasteiger partial charge in [0.1, 0.15) is 0 Å². The van der Waals surface area contributed by atoms with Gasteiger partial charge < -0.3 is 10.1 Å². The van der Waals surface area contributed by atoms with Crippen molar-refractivity contribution >= 4 is 15.7 Å². The van der Waals surface area contributed by atoms with Crippen molar-refractivity contribution in [3.8, 4) is 0 Å². The summed E-state index contributed by atoms with van der Waals surface area (Å²) in [6.07, 6.45) is 8.49. The summed E-state index contributed by atoms with van der Waals surface area (Å²) in [6.45, 7) is 1.22. The number of benzene rings is 1. The molecule has 0 saturated heterocycles. The topological polar surface area (TPSA) is 72.5 Å². The van der Waals surface area contributed by atoms with Gasteiger partial charge in [0.05, 0.1) is 11.9 Å². The van der Waals surface area contributed by atoms with E-state index in [1.165, 1.54) is 25.5 Å². The summed E-state index contributed by atoms with van der Waals surface area (Å²) in [5, 5.41) is 2.86. The summed E-state index contributed by atoms with van der Waals surface area (Å²) in [7, 11) is -3.10. The van der Waals surface area contributed by atoms with Crippen LogP contribution in [0.2, 0.25) is 0 Å². The quantitative estimate of drug-likeness (QED) is 0.729. The molecule has 0 bridgehead atoms. The molecule has 0 unspecified atom stereocenters. The van der Waals surface area contributed by atoms with E-state index in [0.717, 1.165) is 19.3 Å². The zero-order valence-corrected chi connectivity index (χ0v) is 15.1. The number of hydrogen-bond acceptors (Lipinski definition) is 4. The van der Waals surface area contributed by atoms with Gasteiger partial charge in [0.15, 0.2) is 9.84 Å². The molecule has 6 heteroatoms. The van der Waals surface area contributed by atoms with Crippen molar-refractivity contribution in [1.29, 1.82) is 0 Å². The summed E-state index contributed by atoms with van der Waals surface area (Å²) < 4.78 is 28.5. The lowest BCUT2D eigenvalue weighted by Crippen LogP contribution is -2.26. The predicted octanol–water partition coefficient (Wildman–Crippen LogP) is 2.70. The van der Waals surface area contributed by atoms with Gasteiger partial charge in [-0.15, -0.1) is 0 Å². The fourth-order valence-electron chi connectivity index (χ4n) is 2.96. The van der Waals surface area contributed by atoms with E-state index in [9.17, 15) is 13.2 Å². The SMILES string of the molecule is CS(=O)(=O)Cc1cccc(C(=O)NCCCOC2CCCCC2)c1. The number of carbonyl (C=O) groups is 1. The first-order valence-corrected chi connectivity index (χ1v) is 10.7. The van der Waals surface area contributed by atoms with Gasteiger partial charge in [0, 0.05) is 25.0 Å². The van der Waals surface area contributed by atoms with E-state index in [2.05, 4.69) is 5.32 Å². The molecule has 0 heterocycles. The molecule has 5 nitrogen and oxygen atoms in total. The van der Waals surface area contributed by atoms with Crippen LogP contribution in [-0.2, 0) is 20.3 Å². The van der Waals surface area contributed by atoms with Gasteiger partial charge in [-0.1, -0.05) is 31.4 Å². The van der Waals surface area contributed by atoms with Crippen molar-refractivity contribution in [3.05, 3.63) is 35.4 Å². The maximum absolute atomic E-state index is 12.1. The van der Waals surface area contributed by atoms with Crippen LogP contribution in [-0.4, -0.2) is 39.8 Å². The first kappa shape index (κ1) is 18.9. The Morgan fingerprint density at radius 2 is 2.00 bits per heavy atom. The second kappa shape index (κ2) is 9.18. The van der Waals surface area contributed by atoms with Crippen molar-refractivity contribution in [1.82, 2.24) is 5.32 Å². The van der Waals surface area contributed by atoms with Crippen LogP contribution in [0.3, 0.4) is 0 Å². The van der Waals surface area contributed by atoms with Gasteiger partial charge in [0.25, 0.3) is 5.91 Å². The van der Waals surface area contributed by atoms with Crippen LogP contribution in [0.25, 0.3) is 0 Å². The first-order chi connectivity index (χ1) is 11.4. The lowest BCUT2D eigenvalue weighted by Gasteiger charge is -2.21. The molecule has 1 aromatic rings. The molecule has 0 radical (unpaired) electrons. The van der Waals surface area contributed by atoms with Crippen molar-refractivity contribution in [3.63, 3.8) is 0 Å². The summed E-state index contributed by atoms with van der Waals surface area (Å²) in [5.74, 6) is -0.230. The number of nitrogens with one attached hydrogen (secondary N) is 1. The number of ether oxygens (including phenoxy) is 1. The highest BCUT2D eigenvalue weighted by molar-refractivity contribution is 7.89. The van der Waals surface area contributed by atoms with Gasteiger partial charge in [0.2, 0.25) is 0 Å². The fourth-order valence-corrected chi connectivity index (χ4v) is 3.75. The molecule has 1 fully saturated rings. The third-order valence-corrected chi connectivity index (χ3v) is 4.99. The minimum atomic E-state index is -3.10. The predicted molar refractivity (Wildman–Crippen MR) is 94.8 cm³/mol. The Kier molecular flexibility index (Phi) is 7.24. The maximum atomic E-state index is 12.1. The van der Waals surface area contributed by atoms with E-state index >= 15 is 0 Å². The smallest absolute Gasteiger partial charge is 0.251 e. The molecular weight excluding hydrogens is 326 g/mol. The van der Waals surface area contributed by atoms with Crippen LogP contribution >= 0.6 is 0 Å². The minimum Gasteiger partial charge on any atom is -0.378 e. The van der Waals surface area contributed by atoms with Crippen molar-refractivity contribution in [2.45, 2.75) is 50.4 Å². The highest BCUT2D eigenvalue weighted by Gasteiger charge is 2.13. The second-order valence-corrected chi connectivity index (χ2v) is 8.65. The lowest BCUT2D eigenvalue weighted by molar-refractivity contribution is 0.0273. The third kappa shape index (κ3) is 7.01. The number of hydrogen-bond donors (Lipinski definition) is 1. The van der Waals surface area contributed by atoms with Crippen LogP contribution in [0.15, 0.2) is 24.3 Å². The fraction of sp³-hybridized carbons (Fsp3) is 0.611. The summed E-state index contributed by atoms with van der Waals surface area (Å²) in [5.41, 5.74) is 1.12. The highest BCUT2D eigenvalue weighted by atomic mass is 32.2. The third-order valence-electron chi connectivity index (χ3n) is 4.13. The van der Waals surface area contributed by atoms with Crippen LogP contribution in [0.5, 0.6) is 0 Å². The Bertz CT molecular complexity index is 636.